The van der Waals surface area contributed by atoms with Crippen molar-refractivity contribution in [2.24, 2.45) is 11.3 Å². The summed E-state index contributed by atoms with van der Waals surface area (Å²) in [5.74, 6) is 0.743. The van der Waals surface area contributed by atoms with Crippen LogP contribution < -0.4 is 5.32 Å². The first kappa shape index (κ1) is 17.2. The summed E-state index contributed by atoms with van der Waals surface area (Å²) < 4.78 is 0. The zero-order valence-corrected chi connectivity index (χ0v) is 16.1. The number of nitrogens with one attached hydrogen (secondary N) is 1. The van der Waals surface area contributed by atoms with Crippen molar-refractivity contribution in [3.63, 3.8) is 0 Å². The smallest absolute Gasteiger partial charge is 0.256 e. The van der Waals surface area contributed by atoms with Crippen molar-refractivity contribution in [1.29, 1.82) is 0 Å². The molecule has 1 amide bonds. The van der Waals surface area contributed by atoms with Gasteiger partial charge < -0.3 is 5.32 Å². The van der Waals surface area contributed by atoms with Crippen molar-refractivity contribution in [1.82, 2.24) is 0 Å². The maximum Gasteiger partial charge on any atom is 0.256 e. The minimum absolute atomic E-state index is 0.0358. The van der Waals surface area contributed by atoms with Crippen LogP contribution in [0.25, 0.3) is 0 Å². The summed E-state index contributed by atoms with van der Waals surface area (Å²) >= 11 is 1.76. The number of benzene rings is 1. The number of rotatable bonds is 2. The number of amides is 1. The SMILES string of the molecule is Cc1ccc(NC(=O)c2csc3c2CCC(C(C)(C)C)C3)c(C)c1. The molecule has 0 radical (unpaired) electrons. The lowest BCUT2D eigenvalue weighted by atomic mass is 9.72. The lowest BCUT2D eigenvalue weighted by Gasteiger charge is -2.34. The van der Waals surface area contributed by atoms with Gasteiger partial charge in [-0.3, -0.25) is 4.79 Å². The maximum atomic E-state index is 12.8. The predicted molar refractivity (Wildman–Crippen MR) is 103 cm³/mol. The summed E-state index contributed by atoms with van der Waals surface area (Å²) in [6.07, 6.45) is 3.31. The van der Waals surface area contributed by atoms with E-state index in [9.17, 15) is 4.79 Å². The van der Waals surface area contributed by atoms with Gasteiger partial charge in [0.25, 0.3) is 5.91 Å². The number of fused-ring (bicyclic) bond motifs is 1. The van der Waals surface area contributed by atoms with Crippen LogP contribution >= 0.6 is 11.3 Å². The van der Waals surface area contributed by atoms with E-state index in [-0.39, 0.29) is 5.91 Å². The lowest BCUT2D eigenvalue weighted by Crippen LogP contribution is -2.27. The van der Waals surface area contributed by atoms with E-state index in [2.05, 4.69) is 44.5 Å². The van der Waals surface area contributed by atoms with Gasteiger partial charge in [0.2, 0.25) is 0 Å². The van der Waals surface area contributed by atoms with Gasteiger partial charge >= 0.3 is 0 Å². The number of anilines is 1. The van der Waals surface area contributed by atoms with Gasteiger partial charge in [0.15, 0.2) is 0 Å². The molecule has 0 saturated heterocycles. The van der Waals surface area contributed by atoms with Crippen molar-refractivity contribution in [2.75, 3.05) is 5.32 Å². The first-order valence-corrected chi connectivity index (χ1v) is 9.61. The Kier molecular flexibility index (Phi) is 4.56. The zero-order chi connectivity index (χ0) is 17.5. The van der Waals surface area contributed by atoms with E-state index in [0.717, 1.165) is 29.7 Å². The van der Waals surface area contributed by atoms with Gasteiger partial charge in [0, 0.05) is 15.9 Å². The third-order valence-corrected chi connectivity index (χ3v) is 6.31. The van der Waals surface area contributed by atoms with E-state index in [1.807, 2.05) is 19.1 Å². The van der Waals surface area contributed by atoms with Crippen LogP contribution in [0.4, 0.5) is 5.69 Å². The Balaban J connectivity index is 1.79. The summed E-state index contributed by atoms with van der Waals surface area (Å²) in [5.41, 5.74) is 5.73. The average Bonchev–Trinajstić information content (AvgIpc) is 2.92. The normalized spacial score (nSPS) is 17.5. The fraction of sp³-hybridized carbons (Fsp3) is 0.476. The highest BCUT2D eigenvalue weighted by molar-refractivity contribution is 7.10. The molecule has 1 aromatic carbocycles. The molecule has 24 heavy (non-hydrogen) atoms. The molecule has 3 heteroatoms. The Bertz CT molecular complexity index is 767. The molecule has 0 aliphatic heterocycles. The van der Waals surface area contributed by atoms with Crippen LogP contribution in [0.5, 0.6) is 0 Å². The molecule has 1 heterocycles. The molecule has 3 rings (SSSR count). The average molecular weight is 342 g/mol. The number of thiophene rings is 1. The van der Waals surface area contributed by atoms with E-state index in [4.69, 9.17) is 0 Å². The Morgan fingerprint density at radius 1 is 1.25 bits per heavy atom. The topological polar surface area (TPSA) is 29.1 Å². The van der Waals surface area contributed by atoms with Gasteiger partial charge in [-0.1, -0.05) is 38.5 Å². The van der Waals surface area contributed by atoms with Gasteiger partial charge in [-0.05, 0) is 61.6 Å². The number of hydrogen-bond acceptors (Lipinski definition) is 2. The third kappa shape index (κ3) is 3.41. The van der Waals surface area contributed by atoms with Gasteiger partial charge in [-0.15, -0.1) is 11.3 Å². The molecule has 0 fully saturated rings. The minimum Gasteiger partial charge on any atom is -0.322 e. The number of aryl methyl sites for hydroxylation is 2. The van der Waals surface area contributed by atoms with Crippen LogP contribution in [0.1, 0.15) is 59.1 Å². The third-order valence-electron chi connectivity index (χ3n) is 5.25. The predicted octanol–water partition coefficient (Wildman–Crippen LogP) is 5.77. The fourth-order valence-corrected chi connectivity index (χ4v) is 4.75. The molecule has 0 saturated carbocycles. The fourth-order valence-electron chi connectivity index (χ4n) is 3.59. The van der Waals surface area contributed by atoms with Crippen LogP contribution in [0.15, 0.2) is 23.6 Å². The molecule has 1 N–H and O–H groups in total. The molecular formula is C21H27NOS. The monoisotopic (exact) mass is 341 g/mol. The highest BCUT2D eigenvalue weighted by Gasteiger charge is 2.31. The quantitative estimate of drug-likeness (QED) is 0.738. The number of carbonyl (C=O) groups is 1. The Morgan fingerprint density at radius 3 is 2.67 bits per heavy atom. The number of hydrogen-bond donors (Lipinski definition) is 1. The largest absolute Gasteiger partial charge is 0.322 e. The van der Waals surface area contributed by atoms with E-state index in [1.54, 1.807) is 11.3 Å². The van der Waals surface area contributed by atoms with E-state index >= 15 is 0 Å². The van der Waals surface area contributed by atoms with E-state index < -0.39 is 0 Å². The first-order chi connectivity index (χ1) is 11.3. The lowest BCUT2D eigenvalue weighted by molar-refractivity contribution is 0.102. The summed E-state index contributed by atoms with van der Waals surface area (Å²) in [7, 11) is 0. The molecule has 1 unspecified atom stereocenters. The molecule has 2 nitrogen and oxygen atoms in total. The molecule has 1 aliphatic rings. The van der Waals surface area contributed by atoms with Crippen LogP contribution in [0.2, 0.25) is 0 Å². The second kappa shape index (κ2) is 6.36. The molecule has 128 valence electrons. The highest BCUT2D eigenvalue weighted by Crippen LogP contribution is 2.40. The second-order valence-corrected chi connectivity index (χ2v) is 9.09. The van der Waals surface area contributed by atoms with E-state index in [1.165, 1.54) is 22.4 Å². The summed E-state index contributed by atoms with van der Waals surface area (Å²) in [6, 6.07) is 6.14. The van der Waals surface area contributed by atoms with Gasteiger partial charge in [-0.2, -0.15) is 0 Å². The van der Waals surface area contributed by atoms with Crippen molar-refractivity contribution in [3.05, 3.63) is 50.7 Å². The summed E-state index contributed by atoms with van der Waals surface area (Å²) in [5, 5.41) is 5.15. The maximum absolute atomic E-state index is 12.8. The van der Waals surface area contributed by atoms with Gasteiger partial charge in [0.05, 0.1) is 5.56 Å². The Morgan fingerprint density at radius 2 is 2.00 bits per heavy atom. The van der Waals surface area contributed by atoms with Crippen molar-refractivity contribution >= 4 is 22.9 Å². The molecule has 2 aromatic rings. The van der Waals surface area contributed by atoms with Crippen molar-refractivity contribution < 1.29 is 4.79 Å². The van der Waals surface area contributed by atoms with Crippen LogP contribution in [0, 0.1) is 25.2 Å². The molecule has 1 atom stereocenters. The molecular weight excluding hydrogens is 314 g/mol. The standard InChI is InChI=1S/C21H27NOS/c1-13-6-9-18(14(2)10-13)22-20(23)17-12-24-19-11-15(21(3,4)5)7-8-16(17)19/h6,9-10,12,15H,7-8,11H2,1-5H3,(H,22,23). The first-order valence-electron chi connectivity index (χ1n) is 8.73. The minimum atomic E-state index is 0.0358. The van der Waals surface area contributed by atoms with Gasteiger partial charge in [-0.25, -0.2) is 0 Å². The van der Waals surface area contributed by atoms with Gasteiger partial charge in [0.1, 0.15) is 0 Å². The second-order valence-electron chi connectivity index (χ2n) is 8.13. The van der Waals surface area contributed by atoms with Crippen LogP contribution in [-0.4, -0.2) is 5.91 Å². The molecule has 0 spiro atoms. The Hall–Kier alpha value is -1.61. The van der Waals surface area contributed by atoms with Crippen molar-refractivity contribution in [2.45, 2.75) is 53.9 Å². The van der Waals surface area contributed by atoms with Crippen LogP contribution in [0.3, 0.4) is 0 Å². The van der Waals surface area contributed by atoms with Crippen LogP contribution in [-0.2, 0) is 12.8 Å². The summed E-state index contributed by atoms with van der Waals surface area (Å²) in [6.45, 7) is 11.1. The molecule has 1 aliphatic carbocycles. The zero-order valence-electron chi connectivity index (χ0n) is 15.3. The Labute approximate surface area is 149 Å². The molecule has 0 bridgehead atoms. The molecule has 1 aromatic heterocycles. The van der Waals surface area contributed by atoms with E-state index in [0.29, 0.717) is 11.3 Å². The number of carbonyl (C=O) groups excluding carboxylic acids is 1. The summed E-state index contributed by atoms with van der Waals surface area (Å²) in [4.78, 5) is 14.2. The highest BCUT2D eigenvalue weighted by atomic mass is 32.1. The van der Waals surface area contributed by atoms with Crippen molar-refractivity contribution in [3.8, 4) is 0 Å².